The van der Waals surface area contributed by atoms with Crippen molar-refractivity contribution in [2.45, 2.75) is 0 Å². The quantitative estimate of drug-likeness (QED) is 0.666. The first-order valence-corrected chi connectivity index (χ1v) is 3.44. The second kappa shape index (κ2) is 3.24. The average Bonchev–Trinajstić information content (AvgIpc) is 2.49. The zero-order valence-electron chi connectivity index (χ0n) is 6.61. The van der Waals surface area contributed by atoms with Crippen LogP contribution in [0.1, 0.15) is 10.5 Å². The van der Waals surface area contributed by atoms with E-state index >= 15 is 0 Å². The van der Waals surface area contributed by atoms with Crippen molar-refractivity contribution in [2.24, 2.45) is 0 Å². The van der Waals surface area contributed by atoms with Crippen molar-refractivity contribution in [3.8, 4) is 0 Å². The number of hydrogen-bond acceptors (Lipinski definition) is 2. The van der Waals surface area contributed by atoms with E-state index in [1.165, 1.54) is 6.20 Å². The van der Waals surface area contributed by atoms with Gasteiger partial charge < -0.3 is 15.6 Å². The van der Waals surface area contributed by atoms with E-state index in [0.717, 1.165) is 5.52 Å². The van der Waals surface area contributed by atoms with Crippen molar-refractivity contribution < 1.29 is 15.4 Å². The predicted molar refractivity (Wildman–Crippen MR) is 46.7 cm³/mol. The summed E-state index contributed by atoms with van der Waals surface area (Å²) in [5, 5.41) is 9.37. The highest BCUT2D eigenvalue weighted by atomic mass is 16.4. The Bertz CT molecular complexity index is 436. The molecule has 5 heteroatoms. The molecule has 2 aromatic rings. The number of aromatic nitrogens is 2. The number of fused-ring (bicyclic) bond motifs is 1. The summed E-state index contributed by atoms with van der Waals surface area (Å²) in [4.78, 5) is 17.3. The number of nitrogens with zero attached hydrogens (tertiary/aromatic N) is 1. The zero-order chi connectivity index (χ0) is 8.55. The molecule has 0 aliphatic rings. The Labute approximate surface area is 73.3 Å². The third-order valence-corrected chi connectivity index (χ3v) is 1.68. The number of aromatic carboxylic acids is 1. The third kappa shape index (κ3) is 1.36. The summed E-state index contributed by atoms with van der Waals surface area (Å²) in [5.41, 5.74) is 0.885. The number of nitrogens with one attached hydrogen (secondary N) is 1. The molecule has 2 aromatic heterocycles. The average molecular weight is 180 g/mol. The fourth-order valence-electron chi connectivity index (χ4n) is 1.15. The van der Waals surface area contributed by atoms with Gasteiger partial charge in [-0.2, -0.15) is 0 Å². The van der Waals surface area contributed by atoms with Crippen LogP contribution in [-0.4, -0.2) is 26.5 Å². The van der Waals surface area contributed by atoms with Crippen LogP contribution < -0.4 is 0 Å². The number of carboxylic acids is 1. The molecule has 0 aliphatic carbocycles. The lowest BCUT2D eigenvalue weighted by atomic mass is 10.2. The number of H-pyrrole nitrogens is 1. The lowest BCUT2D eigenvalue weighted by Gasteiger charge is -1.93. The molecule has 0 bridgehead atoms. The molecule has 13 heavy (non-hydrogen) atoms. The molecule has 0 saturated carbocycles. The van der Waals surface area contributed by atoms with Crippen LogP contribution in [0.15, 0.2) is 24.5 Å². The fraction of sp³-hybridized carbons (Fsp3) is 0. The molecule has 5 nitrogen and oxygen atoms in total. The van der Waals surface area contributed by atoms with Crippen molar-refractivity contribution in [2.75, 3.05) is 0 Å². The molecule has 0 unspecified atom stereocenters. The van der Waals surface area contributed by atoms with Crippen LogP contribution in [0.3, 0.4) is 0 Å². The van der Waals surface area contributed by atoms with Gasteiger partial charge in [-0.3, -0.25) is 0 Å². The number of aromatic amines is 1. The van der Waals surface area contributed by atoms with Crippen molar-refractivity contribution >= 4 is 16.9 Å². The predicted octanol–water partition coefficient (Wildman–Crippen LogP) is 0.436. The van der Waals surface area contributed by atoms with E-state index in [4.69, 9.17) is 5.11 Å². The standard InChI is InChI=1S/C8H6N2O2.H2O/c11-8(12)7-5-1-3-9-6(5)2-4-10-7;/h1-4,9H,(H,11,12);1H2. The van der Waals surface area contributed by atoms with Gasteiger partial charge in [-0.15, -0.1) is 0 Å². The third-order valence-electron chi connectivity index (χ3n) is 1.68. The smallest absolute Gasteiger partial charge is 0.355 e. The molecule has 2 rings (SSSR count). The summed E-state index contributed by atoms with van der Waals surface area (Å²) in [7, 11) is 0. The Kier molecular flexibility index (Phi) is 2.29. The van der Waals surface area contributed by atoms with Gasteiger partial charge in [0.05, 0.1) is 0 Å². The minimum Gasteiger partial charge on any atom is -0.476 e. The van der Waals surface area contributed by atoms with Crippen LogP contribution in [0.5, 0.6) is 0 Å². The van der Waals surface area contributed by atoms with Gasteiger partial charge in [-0.05, 0) is 12.1 Å². The minimum atomic E-state index is -1.000. The number of hydrogen-bond donors (Lipinski definition) is 2. The molecule has 2 heterocycles. The van der Waals surface area contributed by atoms with Gasteiger partial charge in [0.25, 0.3) is 0 Å². The van der Waals surface area contributed by atoms with Gasteiger partial charge in [-0.25, -0.2) is 9.78 Å². The summed E-state index contributed by atoms with van der Waals surface area (Å²) in [6.45, 7) is 0. The topological polar surface area (TPSA) is 97.5 Å². The lowest BCUT2D eigenvalue weighted by molar-refractivity contribution is 0.0693. The zero-order valence-corrected chi connectivity index (χ0v) is 6.61. The Morgan fingerprint density at radius 3 is 2.92 bits per heavy atom. The SMILES string of the molecule is O.O=C(O)c1nccc2[nH]ccc12. The monoisotopic (exact) mass is 180 g/mol. The van der Waals surface area contributed by atoms with Crippen LogP contribution in [-0.2, 0) is 0 Å². The summed E-state index contributed by atoms with van der Waals surface area (Å²) in [6.07, 6.45) is 3.17. The van der Waals surface area contributed by atoms with E-state index in [-0.39, 0.29) is 11.2 Å². The van der Waals surface area contributed by atoms with Gasteiger partial charge in [0.1, 0.15) is 0 Å². The Morgan fingerprint density at radius 2 is 2.23 bits per heavy atom. The molecule has 68 valence electrons. The van der Waals surface area contributed by atoms with Gasteiger partial charge in [0, 0.05) is 23.3 Å². The molecular formula is C8H8N2O3. The van der Waals surface area contributed by atoms with E-state index < -0.39 is 5.97 Å². The van der Waals surface area contributed by atoms with E-state index in [1.807, 2.05) is 0 Å². The molecule has 0 fully saturated rings. The van der Waals surface area contributed by atoms with E-state index in [1.54, 1.807) is 18.3 Å². The maximum atomic E-state index is 10.6. The van der Waals surface area contributed by atoms with Gasteiger partial charge in [-0.1, -0.05) is 0 Å². The minimum absolute atomic E-state index is 0. The van der Waals surface area contributed by atoms with Crippen molar-refractivity contribution in [3.63, 3.8) is 0 Å². The molecule has 0 radical (unpaired) electrons. The number of carboxylic acid groups (broad SMARTS) is 1. The Morgan fingerprint density at radius 1 is 1.46 bits per heavy atom. The molecule has 0 aromatic carbocycles. The van der Waals surface area contributed by atoms with Crippen molar-refractivity contribution in [1.82, 2.24) is 9.97 Å². The molecule has 0 saturated heterocycles. The van der Waals surface area contributed by atoms with Crippen molar-refractivity contribution in [3.05, 3.63) is 30.2 Å². The molecule has 4 N–H and O–H groups in total. The number of carbonyl (C=O) groups is 1. The van der Waals surface area contributed by atoms with Crippen LogP contribution in [0, 0.1) is 0 Å². The van der Waals surface area contributed by atoms with E-state index in [0.29, 0.717) is 5.39 Å². The second-order valence-electron chi connectivity index (χ2n) is 2.40. The maximum Gasteiger partial charge on any atom is 0.355 e. The largest absolute Gasteiger partial charge is 0.476 e. The number of rotatable bonds is 1. The maximum absolute atomic E-state index is 10.6. The summed E-state index contributed by atoms with van der Waals surface area (Å²) in [5.74, 6) is -1.000. The normalized spacial score (nSPS) is 9.54. The summed E-state index contributed by atoms with van der Waals surface area (Å²) in [6, 6.07) is 3.44. The van der Waals surface area contributed by atoms with Gasteiger partial charge in [0.2, 0.25) is 0 Å². The highest BCUT2D eigenvalue weighted by molar-refractivity contribution is 6.00. The van der Waals surface area contributed by atoms with Crippen molar-refractivity contribution in [1.29, 1.82) is 0 Å². The second-order valence-corrected chi connectivity index (χ2v) is 2.40. The van der Waals surface area contributed by atoms with Crippen LogP contribution in [0.2, 0.25) is 0 Å². The highest BCUT2D eigenvalue weighted by Crippen LogP contribution is 2.14. The lowest BCUT2D eigenvalue weighted by Crippen LogP contribution is -1.99. The van der Waals surface area contributed by atoms with Crippen LogP contribution in [0.25, 0.3) is 10.9 Å². The summed E-state index contributed by atoms with van der Waals surface area (Å²) >= 11 is 0. The van der Waals surface area contributed by atoms with Crippen LogP contribution in [0.4, 0.5) is 0 Å². The molecular weight excluding hydrogens is 172 g/mol. The van der Waals surface area contributed by atoms with Gasteiger partial charge >= 0.3 is 5.97 Å². The fourth-order valence-corrected chi connectivity index (χ4v) is 1.15. The van der Waals surface area contributed by atoms with Gasteiger partial charge in [0.15, 0.2) is 5.69 Å². The molecule has 0 spiro atoms. The Balaban J connectivity index is 0.000000845. The molecule has 0 atom stereocenters. The van der Waals surface area contributed by atoms with E-state index in [2.05, 4.69) is 9.97 Å². The highest BCUT2D eigenvalue weighted by Gasteiger charge is 2.08. The molecule has 0 amide bonds. The number of pyridine rings is 1. The first-order valence-electron chi connectivity index (χ1n) is 3.44. The first-order chi connectivity index (χ1) is 5.79. The Hall–Kier alpha value is -1.88. The van der Waals surface area contributed by atoms with Crippen LogP contribution >= 0.6 is 0 Å². The summed E-state index contributed by atoms with van der Waals surface area (Å²) < 4.78 is 0. The molecule has 0 aliphatic heterocycles. The van der Waals surface area contributed by atoms with E-state index in [9.17, 15) is 4.79 Å². The first kappa shape index (κ1) is 9.21.